The van der Waals surface area contributed by atoms with Gasteiger partial charge in [-0.1, -0.05) is 10.7 Å². The van der Waals surface area contributed by atoms with Gasteiger partial charge in [-0.2, -0.15) is 10.3 Å². The summed E-state index contributed by atoms with van der Waals surface area (Å²) in [6.45, 7) is 0.397. The molecule has 88 valence electrons. The Hall–Kier alpha value is -1.78. The van der Waals surface area contributed by atoms with Crippen LogP contribution in [0.1, 0.15) is 0 Å². The van der Waals surface area contributed by atoms with Gasteiger partial charge in [-0.3, -0.25) is 0 Å². The van der Waals surface area contributed by atoms with Crippen molar-refractivity contribution in [2.45, 2.75) is 0 Å². The molecule has 0 amide bonds. The maximum Gasteiger partial charge on any atom is 0.673 e. The summed E-state index contributed by atoms with van der Waals surface area (Å²) in [5.74, 6) is 0. The maximum absolute atomic E-state index is 9.75. The van der Waals surface area contributed by atoms with E-state index < -0.39 is 7.25 Å². The number of hydrogen-bond acceptors (Lipinski definition) is 2. The third-order valence-electron chi connectivity index (χ3n) is 1.39. The molecule has 0 radical (unpaired) electrons. The molecule has 0 aliphatic heterocycles. The fraction of sp³-hybridized carbons (Fsp3) is 0.250. The van der Waals surface area contributed by atoms with E-state index in [2.05, 4.69) is 6.07 Å². The van der Waals surface area contributed by atoms with Gasteiger partial charge < -0.3 is 17.3 Å². The van der Waals surface area contributed by atoms with Crippen LogP contribution in [-0.4, -0.2) is 20.8 Å². The number of pyridine rings is 1. The third kappa shape index (κ3) is 8.81. The summed E-state index contributed by atoms with van der Waals surface area (Å²) in [5.41, 5.74) is 0. The summed E-state index contributed by atoms with van der Waals surface area (Å²) in [6, 6.07) is 7.86. The molecule has 1 heterocycles. The van der Waals surface area contributed by atoms with E-state index in [0.29, 0.717) is 6.54 Å². The van der Waals surface area contributed by atoms with Crippen molar-refractivity contribution >= 4 is 7.25 Å². The zero-order chi connectivity index (χ0) is 12.6. The number of aromatic nitrogens is 1. The second-order valence-electron chi connectivity index (χ2n) is 2.72. The second-order valence-corrected chi connectivity index (χ2v) is 2.72. The monoisotopic (exact) mass is 235 g/mol. The average molecular weight is 235 g/mol. The summed E-state index contributed by atoms with van der Waals surface area (Å²) in [7, 11) is -4.14. The van der Waals surface area contributed by atoms with E-state index >= 15 is 0 Å². The largest absolute Gasteiger partial charge is 0.673 e. The van der Waals surface area contributed by atoms with E-state index in [1.807, 2.05) is 47.3 Å². The first kappa shape index (κ1) is 14.2. The van der Waals surface area contributed by atoms with Crippen LogP contribution < -0.4 is 9.69 Å². The molecule has 1 aromatic heterocycles. The van der Waals surface area contributed by atoms with Crippen molar-refractivity contribution in [1.29, 1.82) is 5.26 Å². The first-order valence-electron chi connectivity index (χ1n) is 4.26. The lowest BCUT2D eigenvalue weighted by molar-refractivity contribution is -0.689. The van der Waals surface area contributed by atoms with Crippen molar-refractivity contribution in [3.05, 3.63) is 30.6 Å². The number of halogens is 4. The van der Waals surface area contributed by atoms with Gasteiger partial charge in [0, 0.05) is 12.1 Å². The van der Waals surface area contributed by atoms with Gasteiger partial charge in [0.1, 0.15) is 0 Å². The molecule has 0 N–H and O–H groups in total. The van der Waals surface area contributed by atoms with Gasteiger partial charge in [0.2, 0.25) is 0 Å². The van der Waals surface area contributed by atoms with E-state index in [-0.39, 0.29) is 0 Å². The number of hydrogen-bond donors (Lipinski definition) is 0. The molecule has 0 fully saturated rings. The third-order valence-corrected chi connectivity index (χ3v) is 1.39. The molecule has 0 spiro atoms. The Kier molecular flexibility index (Phi) is 5.92. The van der Waals surface area contributed by atoms with Crippen LogP contribution >= 0.6 is 0 Å². The highest BCUT2D eigenvalue weighted by Crippen LogP contribution is 2.06. The van der Waals surface area contributed by atoms with Gasteiger partial charge in [-0.25, -0.2) is 0 Å². The zero-order valence-electron chi connectivity index (χ0n) is 8.52. The summed E-state index contributed by atoms with van der Waals surface area (Å²) in [6.07, 6.45) is 3.80. The predicted octanol–water partition coefficient (Wildman–Crippen LogP) is 1.37. The SMILES string of the molecule is CN(CC#N)[n+]1ccccc1.F[B-](F)(F)F. The van der Waals surface area contributed by atoms with Crippen molar-refractivity contribution in [3.63, 3.8) is 0 Å². The molecule has 0 bridgehead atoms. The van der Waals surface area contributed by atoms with E-state index in [1.165, 1.54) is 0 Å². The Morgan fingerprint density at radius 2 is 1.62 bits per heavy atom. The van der Waals surface area contributed by atoms with E-state index in [0.717, 1.165) is 0 Å². The molecular formula is C8H10BF4N3. The van der Waals surface area contributed by atoms with Crippen molar-refractivity contribution in [1.82, 2.24) is 0 Å². The quantitative estimate of drug-likeness (QED) is 0.335. The predicted molar refractivity (Wildman–Crippen MR) is 51.4 cm³/mol. The van der Waals surface area contributed by atoms with Crippen LogP contribution in [0.15, 0.2) is 30.6 Å². The molecule has 1 rings (SSSR count). The van der Waals surface area contributed by atoms with Crippen LogP contribution in [0.4, 0.5) is 17.3 Å². The molecule has 8 heteroatoms. The molecule has 16 heavy (non-hydrogen) atoms. The molecular weight excluding hydrogens is 225 g/mol. The molecule has 0 aromatic carbocycles. The first-order chi connectivity index (χ1) is 7.34. The van der Waals surface area contributed by atoms with Gasteiger partial charge in [0.15, 0.2) is 18.9 Å². The molecule has 0 saturated carbocycles. The zero-order valence-corrected chi connectivity index (χ0v) is 8.52. The van der Waals surface area contributed by atoms with Crippen molar-refractivity contribution in [3.8, 4) is 6.07 Å². The Morgan fingerprint density at radius 3 is 2.00 bits per heavy atom. The number of nitriles is 1. The van der Waals surface area contributed by atoms with Gasteiger partial charge >= 0.3 is 7.25 Å². The molecule has 3 nitrogen and oxygen atoms in total. The Morgan fingerprint density at radius 1 is 1.19 bits per heavy atom. The summed E-state index contributed by atoms with van der Waals surface area (Å²) >= 11 is 0. The van der Waals surface area contributed by atoms with E-state index in [1.54, 1.807) is 0 Å². The van der Waals surface area contributed by atoms with Crippen LogP contribution in [0.5, 0.6) is 0 Å². The lowest BCUT2D eigenvalue weighted by Crippen LogP contribution is -2.54. The minimum absolute atomic E-state index is 0.397. The van der Waals surface area contributed by atoms with Gasteiger partial charge in [-0.05, 0) is 0 Å². The molecule has 0 unspecified atom stereocenters. The van der Waals surface area contributed by atoms with Gasteiger partial charge in [0.25, 0.3) is 0 Å². The summed E-state index contributed by atoms with van der Waals surface area (Å²) < 4.78 is 40.9. The molecule has 1 aromatic rings. The fourth-order valence-corrected chi connectivity index (χ4v) is 0.801. The lowest BCUT2D eigenvalue weighted by atomic mass is 10.3. The van der Waals surface area contributed by atoms with Crippen LogP contribution in [0.2, 0.25) is 0 Å². The Labute approximate surface area is 90.6 Å². The van der Waals surface area contributed by atoms with Crippen LogP contribution in [-0.2, 0) is 0 Å². The van der Waals surface area contributed by atoms with E-state index in [4.69, 9.17) is 5.26 Å². The average Bonchev–Trinajstić information content (AvgIpc) is 2.17. The van der Waals surface area contributed by atoms with Crippen LogP contribution in [0.3, 0.4) is 0 Å². The normalized spacial score (nSPS) is 9.75. The van der Waals surface area contributed by atoms with Gasteiger partial charge in [-0.15, -0.1) is 0 Å². The topological polar surface area (TPSA) is 30.9 Å². The van der Waals surface area contributed by atoms with Crippen LogP contribution in [0, 0.1) is 11.3 Å². The Balaban J connectivity index is 0.000000385. The highest BCUT2D eigenvalue weighted by molar-refractivity contribution is 6.50. The van der Waals surface area contributed by atoms with Gasteiger partial charge in [0.05, 0.1) is 13.1 Å². The van der Waals surface area contributed by atoms with Crippen molar-refractivity contribution < 1.29 is 21.9 Å². The highest BCUT2D eigenvalue weighted by atomic mass is 19.5. The number of rotatable bonds is 2. The van der Waals surface area contributed by atoms with Crippen LogP contribution in [0.25, 0.3) is 0 Å². The minimum Gasteiger partial charge on any atom is -0.418 e. The molecule has 0 saturated heterocycles. The molecule has 0 atom stereocenters. The maximum atomic E-state index is 9.75. The lowest BCUT2D eigenvalue weighted by Gasteiger charge is -2.05. The number of nitrogens with zero attached hydrogens (tertiary/aromatic N) is 3. The highest BCUT2D eigenvalue weighted by Gasteiger charge is 2.20. The van der Waals surface area contributed by atoms with E-state index in [9.17, 15) is 17.3 Å². The summed E-state index contributed by atoms with van der Waals surface area (Å²) in [5, 5.41) is 10.2. The fourth-order valence-electron chi connectivity index (χ4n) is 0.801. The molecule has 0 aliphatic rings. The standard InChI is InChI=1S/C8H10N3.BF4/c1-10(8-5-9)11-6-3-2-4-7-11;2-1(3,4)5/h2-4,6-7H,8H2,1H3;/q+1;-1. The minimum atomic E-state index is -6.00. The second kappa shape index (κ2) is 6.66. The van der Waals surface area contributed by atoms with Crippen molar-refractivity contribution in [2.24, 2.45) is 0 Å². The van der Waals surface area contributed by atoms with Crippen molar-refractivity contribution in [2.75, 3.05) is 18.6 Å². The Bertz CT molecular complexity index is 329. The smallest absolute Gasteiger partial charge is 0.418 e. The summed E-state index contributed by atoms with van der Waals surface area (Å²) in [4.78, 5) is 0. The first-order valence-corrected chi connectivity index (χ1v) is 4.26. The molecule has 0 aliphatic carbocycles.